The molecule has 0 saturated heterocycles. The minimum Gasteiger partial charge on any atom is -0.326 e. The second-order valence-corrected chi connectivity index (χ2v) is 3.91. The highest BCUT2D eigenvalue weighted by molar-refractivity contribution is 5.90. The quantitative estimate of drug-likeness (QED) is 0.724. The van der Waals surface area contributed by atoms with Gasteiger partial charge < -0.3 is 11.1 Å². The molecule has 1 amide bonds. The van der Waals surface area contributed by atoms with Crippen molar-refractivity contribution in [3.8, 4) is 0 Å². The van der Waals surface area contributed by atoms with Crippen LogP contribution in [0.1, 0.15) is 38.2 Å². The Labute approximate surface area is 97.0 Å². The van der Waals surface area contributed by atoms with Crippen LogP contribution >= 0.6 is 0 Å². The molecule has 0 heterocycles. The van der Waals surface area contributed by atoms with Crippen molar-refractivity contribution in [2.24, 2.45) is 5.73 Å². The van der Waals surface area contributed by atoms with Gasteiger partial charge in [0, 0.05) is 18.7 Å². The molecule has 1 aromatic carbocycles. The summed E-state index contributed by atoms with van der Waals surface area (Å²) in [5.74, 6) is 0.0916. The maximum atomic E-state index is 11.5. The first-order chi connectivity index (χ1) is 7.76. The Morgan fingerprint density at radius 3 is 2.50 bits per heavy atom. The summed E-state index contributed by atoms with van der Waals surface area (Å²) < 4.78 is 0. The molecule has 0 spiro atoms. The average molecular weight is 220 g/mol. The van der Waals surface area contributed by atoms with E-state index in [-0.39, 0.29) is 5.91 Å². The smallest absolute Gasteiger partial charge is 0.224 e. The molecule has 0 atom stereocenters. The third kappa shape index (κ3) is 4.45. The van der Waals surface area contributed by atoms with Crippen molar-refractivity contribution in [2.75, 3.05) is 5.32 Å². The van der Waals surface area contributed by atoms with E-state index in [2.05, 4.69) is 12.2 Å². The van der Waals surface area contributed by atoms with E-state index in [9.17, 15) is 4.79 Å². The van der Waals surface area contributed by atoms with E-state index in [4.69, 9.17) is 5.73 Å². The van der Waals surface area contributed by atoms with Crippen molar-refractivity contribution >= 4 is 11.6 Å². The highest BCUT2D eigenvalue weighted by Gasteiger charge is 2.01. The Bertz CT molecular complexity index is 319. The van der Waals surface area contributed by atoms with Crippen molar-refractivity contribution in [3.63, 3.8) is 0 Å². The maximum absolute atomic E-state index is 11.5. The number of hydrogen-bond acceptors (Lipinski definition) is 2. The molecule has 0 aliphatic rings. The molecule has 3 N–H and O–H groups in total. The third-order valence-corrected chi connectivity index (χ3v) is 2.48. The number of anilines is 1. The van der Waals surface area contributed by atoms with Gasteiger partial charge in [-0.05, 0) is 24.1 Å². The van der Waals surface area contributed by atoms with Crippen LogP contribution in [0.25, 0.3) is 0 Å². The number of amides is 1. The SMILES string of the molecule is CCCCCC(=O)Nc1ccc(CN)cc1. The van der Waals surface area contributed by atoms with E-state index < -0.39 is 0 Å². The number of nitrogens with two attached hydrogens (primary N) is 1. The van der Waals surface area contributed by atoms with E-state index >= 15 is 0 Å². The zero-order valence-electron chi connectivity index (χ0n) is 9.83. The normalized spacial score (nSPS) is 10.1. The lowest BCUT2D eigenvalue weighted by Crippen LogP contribution is -2.11. The van der Waals surface area contributed by atoms with Crippen molar-refractivity contribution in [1.29, 1.82) is 0 Å². The van der Waals surface area contributed by atoms with Crippen LogP contribution in [0.2, 0.25) is 0 Å². The predicted molar refractivity (Wildman–Crippen MR) is 67.1 cm³/mol. The van der Waals surface area contributed by atoms with Gasteiger partial charge in [-0.3, -0.25) is 4.79 Å². The number of nitrogens with one attached hydrogen (secondary N) is 1. The van der Waals surface area contributed by atoms with Crippen LogP contribution in [0.4, 0.5) is 5.69 Å². The van der Waals surface area contributed by atoms with E-state index in [0.717, 1.165) is 30.5 Å². The van der Waals surface area contributed by atoms with E-state index in [1.54, 1.807) is 0 Å². The molecular formula is C13H20N2O. The molecular weight excluding hydrogens is 200 g/mol. The number of unbranched alkanes of at least 4 members (excludes halogenated alkanes) is 2. The first-order valence-electron chi connectivity index (χ1n) is 5.85. The molecule has 0 radical (unpaired) electrons. The van der Waals surface area contributed by atoms with Crippen molar-refractivity contribution in [2.45, 2.75) is 39.2 Å². The standard InChI is InChI=1S/C13H20N2O/c1-2-3-4-5-13(16)15-12-8-6-11(10-14)7-9-12/h6-9H,2-5,10,14H2,1H3,(H,15,16). The zero-order chi connectivity index (χ0) is 11.8. The first-order valence-corrected chi connectivity index (χ1v) is 5.85. The molecule has 1 aromatic rings. The maximum Gasteiger partial charge on any atom is 0.224 e. The van der Waals surface area contributed by atoms with Gasteiger partial charge in [-0.2, -0.15) is 0 Å². The van der Waals surface area contributed by atoms with Crippen LogP contribution in [0.15, 0.2) is 24.3 Å². The molecule has 3 nitrogen and oxygen atoms in total. The number of carbonyl (C=O) groups excluding carboxylic acids is 1. The highest BCUT2D eigenvalue weighted by atomic mass is 16.1. The minimum absolute atomic E-state index is 0.0916. The lowest BCUT2D eigenvalue weighted by atomic mass is 10.2. The van der Waals surface area contributed by atoms with Gasteiger partial charge in [0.1, 0.15) is 0 Å². The molecule has 0 saturated carbocycles. The molecule has 0 bridgehead atoms. The topological polar surface area (TPSA) is 55.1 Å². The summed E-state index contributed by atoms with van der Waals surface area (Å²) in [7, 11) is 0. The van der Waals surface area contributed by atoms with E-state index in [1.165, 1.54) is 0 Å². The van der Waals surface area contributed by atoms with Crippen LogP contribution in [0.5, 0.6) is 0 Å². The Balaban J connectivity index is 2.37. The summed E-state index contributed by atoms with van der Waals surface area (Å²) in [6, 6.07) is 7.64. The highest BCUT2D eigenvalue weighted by Crippen LogP contribution is 2.10. The zero-order valence-corrected chi connectivity index (χ0v) is 9.83. The largest absolute Gasteiger partial charge is 0.326 e. The molecule has 0 fully saturated rings. The third-order valence-electron chi connectivity index (χ3n) is 2.48. The van der Waals surface area contributed by atoms with Gasteiger partial charge in [-0.15, -0.1) is 0 Å². The van der Waals surface area contributed by atoms with Gasteiger partial charge in [0.15, 0.2) is 0 Å². The molecule has 3 heteroatoms. The van der Waals surface area contributed by atoms with Gasteiger partial charge in [-0.1, -0.05) is 31.9 Å². The minimum atomic E-state index is 0.0916. The number of hydrogen-bond donors (Lipinski definition) is 2. The fourth-order valence-corrected chi connectivity index (χ4v) is 1.48. The summed E-state index contributed by atoms with van der Waals surface area (Å²) in [6.45, 7) is 2.66. The van der Waals surface area contributed by atoms with Crippen LogP contribution < -0.4 is 11.1 Å². The number of benzene rings is 1. The Kier molecular flexibility index (Phi) is 5.57. The lowest BCUT2D eigenvalue weighted by Gasteiger charge is -2.05. The van der Waals surface area contributed by atoms with Crippen molar-refractivity contribution < 1.29 is 4.79 Å². The monoisotopic (exact) mass is 220 g/mol. The molecule has 0 aliphatic heterocycles. The summed E-state index contributed by atoms with van der Waals surface area (Å²) in [6.07, 6.45) is 3.81. The molecule has 0 unspecified atom stereocenters. The average Bonchev–Trinajstić information content (AvgIpc) is 2.30. The molecule has 1 rings (SSSR count). The van der Waals surface area contributed by atoms with Crippen molar-refractivity contribution in [3.05, 3.63) is 29.8 Å². The Morgan fingerprint density at radius 2 is 1.94 bits per heavy atom. The first kappa shape index (κ1) is 12.7. The van der Waals surface area contributed by atoms with E-state index in [1.807, 2.05) is 24.3 Å². The van der Waals surface area contributed by atoms with Gasteiger partial charge in [-0.25, -0.2) is 0 Å². The van der Waals surface area contributed by atoms with E-state index in [0.29, 0.717) is 13.0 Å². The summed E-state index contributed by atoms with van der Waals surface area (Å²) in [5, 5.41) is 2.87. The van der Waals surface area contributed by atoms with Crippen molar-refractivity contribution in [1.82, 2.24) is 0 Å². The summed E-state index contributed by atoms with van der Waals surface area (Å²) >= 11 is 0. The predicted octanol–water partition coefficient (Wildman–Crippen LogP) is 2.66. The fourth-order valence-electron chi connectivity index (χ4n) is 1.48. The molecule has 0 aliphatic carbocycles. The van der Waals surface area contributed by atoms with Crippen LogP contribution in [0, 0.1) is 0 Å². The molecule has 88 valence electrons. The second kappa shape index (κ2) is 7.01. The Hall–Kier alpha value is -1.35. The molecule has 0 aromatic heterocycles. The van der Waals surface area contributed by atoms with Gasteiger partial charge in [0.2, 0.25) is 5.91 Å². The fraction of sp³-hybridized carbons (Fsp3) is 0.462. The second-order valence-electron chi connectivity index (χ2n) is 3.91. The van der Waals surface area contributed by atoms with Gasteiger partial charge in [0.05, 0.1) is 0 Å². The van der Waals surface area contributed by atoms with Crippen LogP contribution in [-0.4, -0.2) is 5.91 Å². The van der Waals surface area contributed by atoms with Crippen LogP contribution in [0.3, 0.4) is 0 Å². The van der Waals surface area contributed by atoms with Gasteiger partial charge in [0.25, 0.3) is 0 Å². The van der Waals surface area contributed by atoms with Crippen LogP contribution in [-0.2, 0) is 11.3 Å². The number of carbonyl (C=O) groups is 1. The number of rotatable bonds is 6. The molecule has 16 heavy (non-hydrogen) atoms. The lowest BCUT2D eigenvalue weighted by molar-refractivity contribution is -0.116. The Morgan fingerprint density at radius 1 is 1.25 bits per heavy atom. The summed E-state index contributed by atoms with van der Waals surface area (Å²) in [5.41, 5.74) is 7.41. The summed E-state index contributed by atoms with van der Waals surface area (Å²) in [4.78, 5) is 11.5. The van der Waals surface area contributed by atoms with Gasteiger partial charge >= 0.3 is 0 Å².